The van der Waals surface area contributed by atoms with E-state index in [0.717, 1.165) is 16.8 Å². The molecule has 0 saturated heterocycles. The number of hydrogen-bond donors (Lipinski definition) is 2. The fourth-order valence-corrected chi connectivity index (χ4v) is 1.62. The van der Waals surface area contributed by atoms with Crippen molar-refractivity contribution in [3.05, 3.63) is 29.3 Å². The molecule has 4 heteroatoms. The molecule has 0 unspecified atom stereocenters. The topological polar surface area (TPSA) is 58.2 Å². The number of nitrogens with one attached hydrogen (secondary N) is 2. The van der Waals surface area contributed by atoms with Crippen molar-refractivity contribution in [2.24, 2.45) is 5.41 Å². The molecule has 0 spiro atoms. The lowest BCUT2D eigenvalue weighted by atomic mass is 9.96. The number of hydrogen-bond acceptors (Lipinski definition) is 2. The Balaban J connectivity index is 2.60. The highest BCUT2D eigenvalue weighted by molar-refractivity contribution is 5.96. The lowest BCUT2D eigenvalue weighted by Gasteiger charge is -2.18. The molecule has 1 aromatic carbocycles. The summed E-state index contributed by atoms with van der Waals surface area (Å²) < 4.78 is 0. The number of benzene rings is 1. The summed E-state index contributed by atoms with van der Waals surface area (Å²) in [4.78, 5) is 23.5. The van der Waals surface area contributed by atoms with Crippen LogP contribution in [0.5, 0.6) is 0 Å². The van der Waals surface area contributed by atoms with Gasteiger partial charge in [0.25, 0.3) is 0 Å². The molecule has 0 heterocycles. The molecule has 0 bridgehead atoms. The van der Waals surface area contributed by atoms with E-state index >= 15 is 0 Å². The first-order valence-electron chi connectivity index (χ1n) is 6.36. The monoisotopic (exact) mass is 262 g/mol. The minimum atomic E-state index is -0.487. The predicted molar refractivity (Wildman–Crippen MR) is 77.0 cm³/mol. The van der Waals surface area contributed by atoms with E-state index in [2.05, 4.69) is 10.6 Å². The van der Waals surface area contributed by atoms with Crippen molar-refractivity contribution in [3.63, 3.8) is 0 Å². The van der Waals surface area contributed by atoms with Crippen LogP contribution >= 0.6 is 0 Å². The summed E-state index contributed by atoms with van der Waals surface area (Å²) in [5, 5.41) is 5.46. The van der Waals surface area contributed by atoms with Gasteiger partial charge in [-0.3, -0.25) is 9.59 Å². The molecule has 0 fully saturated rings. The van der Waals surface area contributed by atoms with E-state index in [1.165, 1.54) is 0 Å². The van der Waals surface area contributed by atoms with Crippen LogP contribution in [0.2, 0.25) is 0 Å². The zero-order valence-corrected chi connectivity index (χ0v) is 12.3. The zero-order chi connectivity index (χ0) is 14.6. The number of para-hydroxylation sites is 1. The van der Waals surface area contributed by atoms with Gasteiger partial charge in [-0.05, 0) is 25.0 Å². The van der Waals surface area contributed by atoms with Crippen LogP contribution in [0, 0.1) is 19.3 Å². The second kappa shape index (κ2) is 5.87. The van der Waals surface area contributed by atoms with Crippen LogP contribution < -0.4 is 10.6 Å². The van der Waals surface area contributed by atoms with Crippen molar-refractivity contribution in [1.82, 2.24) is 5.32 Å². The van der Waals surface area contributed by atoms with Gasteiger partial charge in [0, 0.05) is 11.1 Å². The summed E-state index contributed by atoms with van der Waals surface area (Å²) in [7, 11) is 0. The number of anilines is 1. The summed E-state index contributed by atoms with van der Waals surface area (Å²) in [6.07, 6.45) is 0. The van der Waals surface area contributed by atoms with E-state index in [9.17, 15) is 9.59 Å². The van der Waals surface area contributed by atoms with E-state index < -0.39 is 5.41 Å². The minimum absolute atomic E-state index is 0.0100. The number of amides is 2. The maximum absolute atomic E-state index is 11.8. The Morgan fingerprint density at radius 1 is 1.11 bits per heavy atom. The van der Waals surface area contributed by atoms with Gasteiger partial charge in [-0.2, -0.15) is 0 Å². The number of aryl methyl sites for hydroxylation is 2. The van der Waals surface area contributed by atoms with Crippen molar-refractivity contribution in [2.75, 3.05) is 11.9 Å². The van der Waals surface area contributed by atoms with Crippen LogP contribution in [0.1, 0.15) is 31.9 Å². The molecule has 0 atom stereocenters. The Morgan fingerprint density at radius 2 is 1.63 bits per heavy atom. The predicted octanol–water partition coefficient (Wildman–Crippen LogP) is 2.40. The molecule has 19 heavy (non-hydrogen) atoms. The van der Waals surface area contributed by atoms with Crippen molar-refractivity contribution in [2.45, 2.75) is 34.6 Å². The average molecular weight is 262 g/mol. The van der Waals surface area contributed by atoms with Gasteiger partial charge in [-0.25, -0.2) is 0 Å². The highest BCUT2D eigenvalue weighted by atomic mass is 16.2. The van der Waals surface area contributed by atoms with Crippen molar-refractivity contribution >= 4 is 17.5 Å². The molecule has 0 aliphatic carbocycles. The van der Waals surface area contributed by atoms with Gasteiger partial charge < -0.3 is 10.6 Å². The van der Waals surface area contributed by atoms with Gasteiger partial charge in [-0.1, -0.05) is 39.0 Å². The summed E-state index contributed by atoms with van der Waals surface area (Å²) in [6.45, 7) is 9.31. The van der Waals surface area contributed by atoms with Crippen LogP contribution in [0.25, 0.3) is 0 Å². The first kappa shape index (κ1) is 15.2. The van der Waals surface area contributed by atoms with E-state index in [-0.39, 0.29) is 18.4 Å². The third-order valence-corrected chi connectivity index (χ3v) is 2.84. The lowest BCUT2D eigenvalue weighted by molar-refractivity contribution is -0.130. The molecule has 0 aliphatic rings. The number of carbonyl (C=O) groups is 2. The van der Waals surface area contributed by atoms with Gasteiger partial charge in [0.2, 0.25) is 11.8 Å². The largest absolute Gasteiger partial charge is 0.347 e. The first-order valence-corrected chi connectivity index (χ1v) is 6.36. The molecule has 0 radical (unpaired) electrons. The maximum Gasteiger partial charge on any atom is 0.243 e. The third kappa shape index (κ3) is 4.39. The van der Waals surface area contributed by atoms with Crippen LogP contribution in [-0.4, -0.2) is 18.4 Å². The number of rotatable bonds is 3. The fraction of sp³-hybridized carbons (Fsp3) is 0.467. The van der Waals surface area contributed by atoms with Crippen LogP contribution in [0.3, 0.4) is 0 Å². The fourth-order valence-electron chi connectivity index (χ4n) is 1.62. The molecule has 4 nitrogen and oxygen atoms in total. The summed E-state index contributed by atoms with van der Waals surface area (Å²) in [5.74, 6) is -0.348. The Hall–Kier alpha value is -1.84. The highest BCUT2D eigenvalue weighted by Gasteiger charge is 2.21. The SMILES string of the molecule is Cc1cccc(C)c1NC(=O)CNC(=O)C(C)(C)C. The first-order chi connectivity index (χ1) is 8.71. The molecular formula is C15H22N2O2. The molecule has 2 N–H and O–H groups in total. The third-order valence-electron chi connectivity index (χ3n) is 2.84. The van der Waals surface area contributed by atoms with Crippen LogP contribution in [0.4, 0.5) is 5.69 Å². The van der Waals surface area contributed by atoms with Crippen LogP contribution in [0.15, 0.2) is 18.2 Å². The van der Waals surface area contributed by atoms with Gasteiger partial charge in [-0.15, -0.1) is 0 Å². The van der Waals surface area contributed by atoms with E-state index in [0.29, 0.717) is 0 Å². The standard InChI is InChI=1S/C15H22N2O2/c1-10-7-6-8-11(2)13(10)17-12(18)9-16-14(19)15(3,4)5/h6-8H,9H2,1-5H3,(H,16,19)(H,17,18). The normalized spacial score (nSPS) is 11.0. The lowest BCUT2D eigenvalue weighted by Crippen LogP contribution is -2.39. The molecule has 0 saturated carbocycles. The quantitative estimate of drug-likeness (QED) is 0.878. The Bertz CT molecular complexity index is 467. The second-order valence-corrected chi connectivity index (χ2v) is 5.75. The van der Waals surface area contributed by atoms with Gasteiger partial charge in [0.15, 0.2) is 0 Å². The maximum atomic E-state index is 11.8. The summed E-state index contributed by atoms with van der Waals surface area (Å²) in [6, 6.07) is 5.83. The summed E-state index contributed by atoms with van der Waals surface area (Å²) in [5.41, 5.74) is 2.35. The molecule has 0 aromatic heterocycles. The van der Waals surface area contributed by atoms with E-state index in [1.807, 2.05) is 52.8 Å². The molecule has 1 rings (SSSR count). The number of carbonyl (C=O) groups excluding carboxylic acids is 2. The molecule has 1 aromatic rings. The second-order valence-electron chi connectivity index (χ2n) is 5.75. The van der Waals surface area contributed by atoms with Gasteiger partial charge in [0.05, 0.1) is 6.54 Å². The Labute approximate surface area is 114 Å². The average Bonchev–Trinajstić information content (AvgIpc) is 2.29. The smallest absolute Gasteiger partial charge is 0.243 e. The van der Waals surface area contributed by atoms with E-state index in [4.69, 9.17) is 0 Å². The van der Waals surface area contributed by atoms with Crippen LogP contribution in [-0.2, 0) is 9.59 Å². The highest BCUT2D eigenvalue weighted by Crippen LogP contribution is 2.19. The molecule has 104 valence electrons. The van der Waals surface area contributed by atoms with Gasteiger partial charge >= 0.3 is 0 Å². The molecule has 0 aliphatic heterocycles. The van der Waals surface area contributed by atoms with Crippen molar-refractivity contribution < 1.29 is 9.59 Å². The van der Waals surface area contributed by atoms with Crippen molar-refractivity contribution in [3.8, 4) is 0 Å². The minimum Gasteiger partial charge on any atom is -0.347 e. The van der Waals surface area contributed by atoms with E-state index in [1.54, 1.807) is 0 Å². The van der Waals surface area contributed by atoms with Gasteiger partial charge in [0.1, 0.15) is 0 Å². The Morgan fingerprint density at radius 3 is 2.11 bits per heavy atom. The molecule has 2 amide bonds. The van der Waals surface area contributed by atoms with Crippen molar-refractivity contribution in [1.29, 1.82) is 0 Å². The zero-order valence-electron chi connectivity index (χ0n) is 12.3. The Kier molecular flexibility index (Phi) is 4.70. The summed E-state index contributed by atoms with van der Waals surface area (Å²) >= 11 is 0. The molecular weight excluding hydrogens is 240 g/mol.